The summed E-state index contributed by atoms with van der Waals surface area (Å²) >= 11 is 0. The summed E-state index contributed by atoms with van der Waals surface area (Å²) in [5.74, 6) is 2.22. The Balaban J connectivity index is 2.11. The fraction of sp³-hybridized carbons (Fsp3) is 0.375. The van der Waals surface area contributed by atoms with Gasteiger partial charge in [-0.3, -0.25) is 9.59 Å². The lowest BCUT2D eigenvalue weighted by molar-refractivity contribution is -0.121. The van der Waals surface area contributed by atoms with Gasteiger partial charge < -0.3 is 5.32 Å². The van der Waals surface area contributed by atoms with Crippen LogP contribution in [0.15, 0.2) is 30.3 Å². The first kappa shape index (κ1) is 14.3. The van der Waals surface area contributed by atoms with Gasteiger partial charge in [0, 0.05) is 12.5 Å². The average Bonchev–Trinajstić information content (AvgIpc) is 2.74. The molecule has 1 aromatic rings. The van der Waals surface area contributed by atoms with E-state index in [2.05, 4.69) is 11.2 Å². The Kier molecular flexibility index (Phi) is 4.54. The molecule has 2 rings (SSSR count). The molecule has 0 spiro atoms. The van der Waals surface area contributed by atoms with Gasteiger partial charge in [-0.2, -0.15) is 0 Å². The molecule has 4 heteroatoms. The summed E-state index contributed by atoms with van der Waals surface area (Å²) in [6.07, 6.45) is 6.88. The molecule has 1 aliphatic heterocycles. The molecule has 1 aromatic carbocycles. The van der Waals surface area contributed by atoms with Gasteiger partial charge in [0.15, 0.2) is 0 Å². The molecular formula is C16H18N2O2. The third kappa shape index (κ3) is 2.89. The van der Waals surface area contributed by atoms with Crippen molar-refractivity contribution in [3.63, 3.8) is 0 Å². The van der Waals surface area contributed by atoms with Crippen LogP contribution in [0.3, 0.4) is 0 Å². The number of para-hydroxylation sites is 1. The number of hydrogen-bond donors (Lipinski definition) is 1. The lowest BCUT2D eigenvalue weighted by atomic mass is 10.1. The van der Waals surface area contributed by atoms with E-state index >= 15 is 0 Å². The quantitative estimate of drug-likeness (QED) is 0.654. The SMILES string of the molecule is C#CCC(CC)NC1CC(=O)N(c2ccccc2)C1=O. The average molecular weight is 270 g/mol. The monoisotopic (exact) mass is 270 g/mol. The van der Waals surface area contributed by atoms with Gasteiger partial charge in [0.05, 0.1) is 18.2 Å². The van der Waals surface area contributed by atoms with Crippen molar-refractivity contribution in [2.24, 2.45) is 0 Å². The zero-order valence-corrected chi connectivity index (χ0v) is 11.5. The number of rotatable bonds is 5. The Labute approximate surface area is 119 Å². The predicted molar refractivity (Wildman–Crippen MR) is 78.0 cm³/mol. The van der Waals surface area contributed by atoms with Gasteiger partial charge in [0.1, 0.15) is 0 Å². The number of terminal acetylenes is 1. The topological polar surface area (TPSA) is 49.4 Å². The number of carbonyl (C=O) groups excluding carboxylic acids is 2. The van der Waals surface area contributed by atoms with E-state index in [1.165, 1.54) is 4.90 Å². The van der Waals surface area contributed by atoms with Crippen molar-refractivity contribution in [2.75, 3.05) is 4.90 Å². The molecule has 2 unspecified atom stereocenters. The Bertz CT molecular complexity index is 533. The molecule has 0 aliphatic carbocycles. The first-order valence-corrected chi connectivity index (χ1v) is 6.78. The number of nitrogens with zero attached hydrogens (tertiary/aromatic N) is 1. The van der Waals surface area contributed by atoms with Crippen LogP contribution >= 0.6 is 0 Å². The maximum absolute atomic E-state index is 12.4. The van der Waals surface area contributed by atoms with Gasteiger partial charge in [0.25, 0.3) is 5.91 Å². The molecule has 1 N–H and O–H groups in total. The van der Waals surface area contributed by atoms with Gasteiger partial charge in [0.2, 0.25) is 5.91 Å². The van der Waals surface area contributed by atoms with Crippen LogP contribution < -0.4 is 10.2 Å². The standard InChI is InChI=1S/C16H18N2O2/c1-3-8-12(4-2)17-14-11-15(19)18(16(14)20)13-9-6-5-7-10-13/h1,5-7,9-10,12,14,17H,4,8,11H2,2H3. The largest absolute Gasteiger partial charge is 0.302 e. The molecule has 20 heavy (non-hydrogen) atoms. The molecule has 104 valence electrons. The third-order valence-corrected chi connectivity index (χ3v) is 3.45. The van der Waals surface area contributed by atoms with Crippen molar-refractivity contribution in [3.05, 3.63) is 30.3 Å². The minimum atomic E-state index is -0.471. The summed E-state index contributed by atoms with van der Waals surface area (Å²) in [5, 5.41) is 3.19. The third-order valence-electron chi connectivity index (χ3n) is 3.45. The number of anilines is 1. The smallest absolute Gasteiger partial charge is 0.251 e. The molecular weight excluding hydrogens is 252 g/mol. The van der Waals surface area contributed by atoms with Crippen molar-refractivity contribution in [1.82, 2.24) is 5.32 Å². The van der Waals surface area contributed by atoms with Crippen molar-refractivity contribution in [1.29, 1.82) is 0 Å². The number of imide groups is 1. The Hall–Kier alpha value is -2.12. The predicted octanol–water partition coefficient (Wildman–Crippen LogP) is 1.71. The van der Waals surface area contributed by atoms with Crippen LogP contribution in [0.4, 0.5) is 5.69 Å². The lowest BCUT2D eigenvalue weighted by Gasteiger charge is -2.19. The lowest BCUT2D eigenvalue weighted by Crippen LogP contribution is -2.43. The molecule has 1 aliphatic rings. The van der Waals surface area contributed by atoms with E-state index in [-0.39, 0.29) is 24.3 Å². The summed E-state index contributed by atoms with van der Waals surface area (Å²) in [7, 11) is 0. The molecule has 0 radical (unpaired) electrons. The van der Waals surface area contributed by atoms with Crippen molar-refractivity contribution in [2.45, 2.75) is 38.3 Å². The minimum absolute atomic E-state index is 0.0671. The zero-order valence-electron chi connectivity index (χ0n) is 11.5. The number of benzene rings is 1. The first-order chi connectivity index (χ1) is 9.67. The summed E-state index contributed by atoms with van der Waals surface area (Å²) in [6.45, 7) is 2.01. The van der Waals surface area contributed by atoms with Crippen molar-refractivity contribution < 1.29 is 9.59 Å². The second kappa shape index (κ2) is 6.36. The Morgan fingerprint density at radius 3 is 2.70 bits per heavy atom. The first-order valence-electron chi connectivity index (χ1n) is 6.78. The number of carbonyl (C=O) groups is 2. The van der Waals surface area contributed by atoms with Crippen molar-refractivity contribution in [3.8, 4) is 12.3 Å². The van der Waals surface area contributed by atoms with Crippen LogP contribution in [-0.2, 0) is 9.59 Å². The van der Waals surface area contributed by atoms with Gasteiger partial charge in [-0.05, 0) is 18.6 Å². The molecule has 0 aromatic heterocycles. The van der Waals surface area contributed by atoms with E-state index in [1.807, 2.05) is 25.1 Å². The molecule has 1 heterocycles. The van der Waals surface area contributed by atoms with Crippen LogP contribution in [0.1, 0.15) is 26.2 Å². The highest BCUT2D eigenvalue weighted by Gasteiger charge is 2.39. The summed E-state index contributed by atoms with van der Waals surface area (Å²) in [6, 6.07) is 8.59. The fourth-order valence-corrected chi connectivity index (χ4v) is 2.36. The van der Waals surface area contributed by atoms with Crippen LogP contribution in [-0.4, -0.2) is 23.9 Å². The number of nitrogens with one attached hydrogen (secondary N) is 1. The maximum atomic E-state index is 12.4. The van der Waals surface area contributed by atoms with Gasteiger partial charge in [-0.15, -0.1) is 12.3 Å². The zero-order chi connectivity index (χ0) is 14.5. The Morgan fingerprint density at radius 2 is 2.10 bits per heavy atom. The highest BCUT2D eigenvalue weighted by atomic mass is 16.2. The number of hydrogen-bond acceptors (Lipinski definition) is 3. The normalized spacial score (nSPS) is 20.0. The molecule has 2 atom stereocenters. The van der Waals surface area contributed by atoms with E-state index in [9.17, 15) is 9.59 Å². The van der Waals surface area contributed by atoms with E-state index in [0.29, 0.717) is 12.1 Å². The Morgan fingerprint density at radius 1 is 1.40 bits per heavy atom. The maximum Gasteiger partial charge on any atom is 0.251 e. The summed E-state index contributed by atoms with van der Waals surface area (Å²) < 4.78 is 0. The molecule has 4 nitrogen and oxygen atoms in total. The second-order valence-corrected chi connectivity index (χ2v) is 4.84. The highest BCUT2D eigenvalue weighted by molar-refractivity contribution is 6.22. The minimum Gasteiger partial charge on any atom is -0.302 e. The van der Waals surface area contributed by atoms with Crippen molar-refractivity contribution >= 4 is 17.5 Å². The molecule has 0 saturated carbocycles. The summed E-state index contributed by atoms with van der Waals surface area (Å²) in [5.41, 5.74) is 0.622. The fourth-order valence-electron chi connectivity index (χ4n) is 2.36. The van der Waals surface area contributed by atoms with E-state index in [0.717, 1.165) is 6.42 Å². The van der Waals surface area contributed by atoms with Crippen LogP contribution in [0, 0.1) is 12.3 Å². The van der Waals surface area contributed by atoms with Gasteiger partial charge >= 0.3 is 0 Å². The van der Waals surface area contributed by atoms with E-state index in [4.69, 9.17) is 6.42 Å². The molecule has 1 fully saturated rings. The number of amides is 2. The van der Waals surface area contributed by atoms with Crippen LogP contribution in [0.2, 0.25) is 0 Å². The van der Waals surface area contributed by atoms with Gasteiger partial charge in [-0.25, -0.2) is 4.90 Å². The van der Waals surface area contributed by atoms with Gasteiger partial charge in [-0.1, -0.05) is 25.1 Å². The van der Waals surface area contributed by atoms with E-state index in [1.54, 1.807) is 12.1 Å². The highest BCUT2D eigenvalue weighted by Crippen LogP contribution is 2.22. The molecule has 0 bridgehead atoms. The van der Waals surface area contributed by atoms with Crippen LogP contribution in [0.5, 0.6) is 0 Å². The van der Waals surface area contributed by atoms with Crippen LogP contribution in [0.25, 0.3) is 0 Å². The molecule has 1 saturated heterocycles. The van der Waals surface area contributed by atoms with E-state index < -0.39 is 6.04 Å². The molecule has 2 amide bonds. The summed E-state index contributed by atoms with van der Waals surface area (Å²) in [4.78, 5) is 25.7. The second-order valence-electron chi connectivity index (χ2n) is 4.84.